The molecular weight excluding hydrogens is 210 g/mol. The van der Waals surface area contributed by atoms with Gasteiger partial charge in [0.2, 0.25) is 6.20 Å². The van der Waals surface area contributed by atoms with Crippen molar-refractivity contribution in [1.82, 2.24) is 0 Å². The van der Waals surface area contributed by atoms with E-state index in [2.05, 4.69) is 18.7 Å². The summed E-state index contributed by atoms with van der Waals surface area (Å²) in [5.74, 6) is 0.786. The molecule has 0 N–H and O–H groups in total. The fraction of sp³-hybridized carbons (Fsp3) is 0.0833. The van der Waals surface area contributed by atoms with E-state index < -0.39 is 0 Å². The zero-order valence-corrected chi connectivity index (χ0v) is 9.02. The van der Waals surface area contributed by atoms with Crippen molar-refractivity contribution in [2.24, 2.45) is 0 Å². The van der Waals surface area contributed by atoms with E-state index >= 15 is 0 Å². The van der Waals surface area contributed by atoms with Gasteiger partial charge in [0, 0.05) is 11.6 Å². The van der Waals surface area contributed by atoms with Crippen LogP contribution < -0.4 is 17.0 Å². The Hall–Kier alpha value is -1.54. The highest BCUT2D eigenvalue weighted by Crippen LogP contribution is 2.00. The molecule has 0 atom stereocenters. The topological polar surface area (TPSA) is 17.0 Å². The van der Waals surface area contributed by atoms with Gasteiger partial charge in [0.1, 0.15) is 0 Å². The van der Waals surface area contributed by atoms with Crippen molar-refractivity contribution in [2.45, 2.75) is 6.54 Å². The second-order valence-electron chi connectivity index (χ2n) is 3.06. The molecule has 3 heteroatoms. The van der Waals surface area contributed by atoms with E-state index in [1.54, 1.807) is 12.3 Å². The van der Waals surface area contributed by atoms with Gasteiger partial charge >= 0.3 is 5.89 Å². The van der Waals surface area contributed by atoms with Crippen LogP contribution in [0, 0.1) is 0 Å². The number of nitrogens with zero attached hydrogens (tertiary/aromatic N) is 1. The highest BCUT2D eigenvalue weighted by Gasteiger charge is 2.10. The monoisotopic (exact) mass is 221 g/mol. The van der Waals surface area contributed by atoms with E-state index in [-0.39, 0.29) is 12.4 Å². The van der Waals surface area contributed by atoms with E-state index in [1.165, 1.54) is 5.56 Å². The lowest BCUT2D eigenvalue weighted by Gasteiger charge is -1.94. The predicted molar refractivity (Wildman–Crippen MR) is 54.5 cm³/mol. The number of benzene rings is 1. The molecule has 2 nitrogen and oxygen atoms in total. The second-order valence-corrected chi connectivity index (χ2v) is 3.06. The number of aromatic nitrogens is 1. The SMILES string of the molecule is C=Cc1occ[n+]1Cc1ccccc1.[Cl-]. The first-order chi connectivity index (χ1) is 6.90. The summed E-state index contributed by atoms with van der Waals surface area (Å²) in [6, 6.07) is 10.3. The summed E-state index contributed by atoms with van der Waals surface area (Å²) in [4.78, 5) is 0. The van der Waals surface area contributed by atoms with E-state index in [1.807, 2.05) is 29.0 Å². The molecule has 15 heavy (non-hydrogen) atoms. The van der Waals surface area contributed by atoms with Gasteiger partial charge in [-0.05, 0) is 0 Å². The van der Waals surface area contributed by atoms with Gasteiger partial charge in [-0.25, -0.2) is 0 Å². The molecule has 0 spiro atoms. The lowest BCUT2D eigenvalue weighted by Crippen LogP contribution is -3.00. The molecule has 0 saturated heterocycles. The zero-order valence-electron chi connectivity index (χ0n) is 8.27. The van der Waals surface area contributed by atoms with E-state index in [0.717, 1.165) is 12.4 Å². The summed E-state index contributed by atoms with van der Waals surface area (Å²) >= 11 is 0. The van der Waals surface area contributed by atoms with Gasteiger partial charge in [0.15, 0.2) is 12.8 Å². The summed E-state index contributed by atoms with van der Waals surface area (Å²) in [6.45, 7) is 4.51. The highest BCUT2D eigenvalue weighted by atomic mass is 35.5. The van der Waals surface area contributed by atoms with Gasteiger partial charge in [-0.3, -0.25) is 0 Å². The van der Waals surface area contributed by atoms with Gasteiger partial charge in [-0.1, -0.05) is 36.9 Å². The quantitative estimate of drug-likeness (QED) is 0.625. The maximum atomic E-state index is 5.23. The van der Waals surface area contributed by atoms with Gasteiger partial charge in [-0.15, -0.1) is 0 Å². The summed E-state index contributed by atoms with van der Waals surface area (Å²) in [7, 11) is 0. The fourth-order valence-electron chi connectivity index (χ4n) is 1.39. The average molecular weight is 222 g/mol. The molecule has 0 fully saturated rings. The first-order valence-corrected chi connectivity index (χ1v) is 4.53. The molecule has 1 aromatic carbocycles. The summed E-state index contributed by atoms with van der Waals surface area (Å²) < 4.78 is 7.25. The summed E-state index contributed by atoms with van der Waals surface area (Å²) in [6.07, 6.45) is 5.28. The van der Waals surface area contributed by atoms with Gasteiger partial charge in [0.25, 0.3) is 0 Å². The third kappa shape index (κ3) is 2.70. The number of hydrogen-bond donors (Lipinski definition) is 0. The number of oxazole rings is 1. The zero-order chi connectivity index (χ0) is 9.80. The van der Waals surface area contributed by atoms with Gasteiger partial charge in [0.05, 0.1) is 0 Å². The first-order valence-electron chi connectivity index (χ1n) is 4.53. The Balaban J connectivity index is 0.00000112. The molecule has 2 rings (SSSR count). The molecule has 0 saturated carbocycles. The molecule has 78 valence electrons. The van der Waals surface area contributed by atoms with Gasteiger partial charge < -0.3 is 16.8 Å². The number of hydrogen-bond acceptors (Lipinski definition) is 1. The first kappa shape index (κ1) is 11.5. The Bertz CT molecular complexity index is 422. The molecular formula is C12H12ClNO. The summed E-state index contributed by atoms with van der Waals surface area (Å²) in [5.41, 5.74) is 1.25. The normalized spacial score (nSPS) is 9.33. The minimum Gasteiger partial charge on any atom is -1.00 e. The maximum absolute atomic E-state index is 5.23. The lowest BCUT2D eigenvalue weighted by atomic mass is 10.2. The van der Waals surface area contributed by atoms with Crippen LogP contribution in [0.1, 0.15) is 11.5 Å². The van der Waals surface area contributed by atoms with Crippen molar-refractivity contribution in [3.8, 4) is 0 Å². The van der Waals surface area contributed by atoms with Crippen LogP contribution in [0.4, 0.5) is 0 Å². The van der Waals surface area contributed by atoms with Crippen LogP contribution in [0.15, 0.2) is 53.8 Å². The van der Waals surface area contributed by atoms with Crippen LogP contribution in [-0.2, 0) is 6.54 Å². The fourth-order valence-corrected chi connectivity index (χ4v) is 1.39. The standard InChI is InChI=1S/C12H12NO.ClH/c1-2-12-13(8-9-14-12)10-11-6-4-3-5-7-11;/h2-9H,1,10H2;1H/q+1;/p-1. The largest absolute Gasteiger partial charge is 1.00 e. The molecule has 0 radical (unpaired) electrons. The minimum absolute atomic E-state index is 0. The molecule has 0 aliphatic rings. The van der Waals surface area contributed by atoms with Crippen molar-refractivity contribution in [3.05, 3.63) is 60.8 Å². The van der Waals surface area contributed by atoms with Crippen LogP contribution >= 0.6 is 0 Å². The Morgan fingerprint density at radius 1 is 1.27 bits per heavy atom. The van der Waals surface area contributed by atoms with Crippen molar-refractivity contribution in [3.63, 3.8) is 0 Å². The van der Waals surface area contributed by atoms with E-state index in [9.17, 15) is 0 Å². The number of rotatable bonds is 3. The molecule has 2 aromatic rings. The van der Waals surface area contributed by atoms with Crippen molar-refractivity contribution >= 4 is 6.08 Å². The molecule has 0 aliphatic carbocycles. The lowest BCUT2D eigenvalue weighted by molar-refractivity contribution is -0.693. The predicted octanol–water partition coefficient (Wildman–Crippen LogP) is -0.738. The highest BCUT2D eigenvalue weighted by molar-refractivity contribution is 5.29. The van der Waals surface area contributed by atoms with Crippen LogP contribution in [0.3, 0.4) is 0 Å². The number of halogens is 1. The molecule has 1 aromatic heterocycles. The van der Waals surface area contributed by atoms with Gasteiger partial charge in [-0.2, -0.15) is 4.57 Å². The Morgan fingerprint density at radius 3 is 2.67 bits per heavy atom. The van der Waals surface area contributed by atoms with Crippen molar-refractivity contribution in [1.29, 1.82) is 0 Å². The van der Waals surface area contributed by atoms with Crippen molar-refractivity contribution < 1.29 is 21.4 Å². The van der Waals surface area contributed by atoms with E-state index in [0.29, 0.717) is 0 Å². The molecule has 0 unspecified atom stereocenters. The Morgan fingerprint density at radius 2 is 2.00 bits per heavy atom. The molecule has 0 amide bonds. The maximum Gasteiger partial charge on any atom is 0.372 e. The average Bonchev–Trinajstić information content (AvgIpc) is 2.67. The minimum atomic E-state index is 0. The van der Waals surface area contributed by atoms with Crippen molar-refractivity contribution in [2.75, 3.05) is 0 Å². The Labute approximate surface area is 95.3 Å². The summed E-state index contributed by atoms with van der Waals surface area (Å²) in [5, 5.41) is 0. The van der Waals surface area contributed by atoms with Crippen LogP contribution in [0.2, 0.25) is 0 Å². The van der Waals surface area contributed by atoms with Crippen LogP contribution in [-0.4, -0.2) is 0 Å². The Kier molecular flexibility index (Phi) is 4.13. The third-order valence-electron chi connectivity index (χ3n) is 2.08. The second kappa shape index (κ2) is 5.37. The van der Waals surface area contributed by atoms with Crippen LogP contribution in [0.5, 0.6) is 0 Å². The van der Waals surface area contributed by atoms with Crippen LogP contribution in [0.25, 0.3) is 6.08 Å². The molecule has 0 aliphatic heterocycles. The third-order valence-corrected chi connectivity index (χ3v) is 2.08. The smallest absolute Gasteiger partial charge is 0.372 e. The molecule has 1 heterocycles. The van der Waals surface area contributed by atoms with E-state index in [4.69, 9.17) is 4.42 Å². The molecule has 0 bridgehead atoms.